The third-order valence-corrected chi connectivity index (χ3v) is 8.99. The van der Waals surface area contributed by atoms with Gasteiger partial charge in [-0.05, 0) is 92.2 Å². The highest BCUT2D eigenvalue weighted by Gasteiger charge is 2.61. The molecule has 4 aromatic rings. The highest BCUT2D eigenvalue weighted by atomic mass is 15.1. The van der Waals surface area contributed by atoms with E-state index in [0.29, 0.717) is 5.92 Å². The summed E-state index contributed by atoms with van der Waals surface area (Å²) >= 11 is 0. The van der Waals surface area contributed by atoms with E-state index in [2.05, 4.69) is 113 Å². The molecule has 0 unspecified atom stereocenters. The van der Waals surface area contributed by atoms with Crippen LogP contribution in [0.1, 0.15) is 53.1 Å². The number of hydrogen-bond donors (Lipinski definition) is 2. The molecular formula is C33H34N4. The molecule has 4 heteroatoms. The van der Waals surface area contributed by atoms with Crippen LogP contribution in [0.5, 0.6) is 0 Å². The van der Waals surface area contributed by atoms with E-state index in [-0.39, 0.29) is 5.41 Å². The lowest BCUT2D eigenvalue weighted by Gasteiger charge is -2.28. The Bertz CT molecular complexity index is 1500. The Labute approximate surface area is 219 Å². The van der Waals surface area contributed by atoms with Crippen LogP contribution >= 0.6 is 0 Å². The van der Waals surface area contributed by atoms with Crippen molar-refractivity contribution in [3.05, 3.63) is 107 Å². The molecule has 3 aliphatic rings. The van der Waals surface area contributed by atoms with E-state index >= 15 is 0 Å². The van der Waals surface area contributed by atoms with Gasteiger partial charge in [-0.3, -0.25) is 5.10 Å². The van der Waals surface area contributed by atoms with Gasteiger partial charge >= 0.3 is 0 Å². The summed E-state index contributed by atoms with van der Waals surface area (Å²) in [7, 11) is 2.23. The highest BCUT2D eigenvalue weighted by molar-refractivity contribution is 5.90. The maximum absolute atomic E-state index is 4.63. The van der Waals surface area contributed by atoms with E-state index < -0.39 is 0 Å². The molecule has 1 aromatic heterocycles. The van der Waals surface area contributed by atoms with Crippen molar-refractivity contribution in [1.29, 1.82) is 0 Å². The number of hydrogen-bond acceptors (Lipinski definition) is 3. The molecule has 3 heterocycles. The Morgan fingerprint density at radius 3 is 2.68 bits per heavy atom. The topological polar surface area (TPSA) is 44.0 Å². The minimum absolute atomic E-state index is 0.0342. The Hall–Kier alpha value is -3.63. The molecule has 186 valence electrons. The average molecular weight is 487 g/mol. The molecule has 1 aliphatic carbocycles. The average Bonchev–Trinajstić information content (AvgIpc) is 3.46. The molecule has 2 fully saturated rings. The Morgan fingerprint density at radius 2 is 1.84 bits per heavy atom. The van der Waals surface area contributed by atoms with Gasteiger partial charge < -0.3 is 10.2 Å². The Kier molecular flexibility index (Phi) is 5.33. The van der Waals surface area contributed by atoms with Crippen LogP contribution in [-0.2, 0) is 11.8 Å². The number of rotatable bonds is 5. The van der Waals surface area contributed by atoms with E-state index in [1.165, 1.54) is 60.3 Å². The van der Waals surface area contributed by atoms with Gasteiger partial charge in [-0.1, -0.05) is 67.3 Å². The summed E-state index contributed by atoms with van der Waals surface area (Å²) < 4.78 is 0. The molecule has 1 saturated carbocycles. The number of H-pyrrole nitrogens is 1. The fourth-order valence-corrected chi connectivity index (χ4v) is 6.66. The van der Waals surface area contributed by atoms with Crippen molar-refractivity contribution in [3.8, 4) is 0 Å². The quantitative estimate of drug-likeness (QED) is 0.320. The third kappa shape index (κ3) is 3.91. The summed E-state index contributed by atoms with van der Waals surface area (Å²) in [5.74, 6) is 1.28. The first kappa shape index (κ1) is 22.6. The first-order chi connectivity index (χ1) is 18.1. The maximum atomic E-state index is 4.63. The number of nitrogens with zero attached hydrogens (tertiary/aromatic N) is 2. The Balaban J connectivity index is 1.06. The molecule has 3 aromatic carbocycles. The van der Waals surface area contributed by atoms with Gasteiger partial charge in [0, 0.05) is 28.1 Å². The number of likely N-dealkylation sites (tertiary alicyclic amines) is 1. The molecule has 4 nitrogen and oxygen atoms in total. The summed E-state index contributed by atoms with van der Waals surface area (Å²) in [5, 5.41) is 12.6. The second kappa shape index (κ2) is 8.74. The van der Waals surface area contributed by atoms with Crippen molar-refractivity contribution in [3.63, 3.8) is 0 Å². The van der Waals surface area contributed by atoms with Crippen molar-refractivity contribution < 1.29 is 0 Å². The molecule has 7 rings (SSSR count). The summed E-state index contributed by atoms with van der Waals surface area (Å²) in [4.78, 5) is 2.44. The molecule has 0 amide bonds. The fourth-order valence-electron chi connectivity index (χ4n) is 6.66. The van der Waals surface area contributed by atoms with E-state index in [4.69, 9.17) is 0 Å². The van der Waals surface area contributed by atoms with Gasteiger partial charge in [-0.2, -0.15) is 5.10 Å². The number of aromatic nitrogens is 2. The molecular weight excluding hydrogens is 452 g/mol. The van der Waals surface area contributed by atoms with Crippen molar-refractivity contribution in [2.45, 2.75) is 37.0 Å². The summed E-state index contributed by atoms with van der Waals surface area (Å²) in [6.07, 6.45) is 9.23. The molecule has 1 spiro atoms. The van der Waals surface area contributed by atoms with Gasteiger partial charge in [0.2, 0.25) is 0 Å². The zero-order chi connectivity index (χ0) is 25.0. The number of anilines is 1. The predicted octanol–water partition coefficient (Wildman–Crippen LogP) is 6.98. The van der Waals surface area contributed by atoms with Crippen molar-refractivity contribution in [2.24, 2.45) is 5.92 Å². The van der Waals surface area contributed by atoms with Crippen LogP contribution in [-0.4, -0.2) is 35.2 Å². The predicted molar refractivity (Wildman–Crippen MR) is 154 cm³/mol. The van der Waals surface area contributed by atoms with Crippen LogP contribution in [0, 0.1) is 5.92 Å². The van der Waals surface area contributed by atoms with Gasteiger partial charge in [0.25, 0.3) is 0 Å². The van der Waals surface area contributed by atoms with E-state index in [1.54, 1.807) is 0 Å². The molecule has 0 bridgehead atoms. The normalized spacial score (nSPS) is 23.7. The molecule has 0 radical (unpaired) electrons. The first-order valence-electron chi connectivity index (χ1n) is 13.6. The lowest BCUT2D eigenvalue weighted by molar-refractivity contribution is 0.219. The van der Waals surface area contributed by atoms with Crippen LogP contribution in [0.15, 0.2) is 79.0 Å². The second-order valence-corrected chi connectivity index (χ2v) is 11.3. The lowest BCUT2D eigenvalue weighted by Crippen LogP contribution is -2.30. The van der Waals surface area contributed by atoms with Crippen molar-refractivity contribution >= 4 is 28.7 Å². The number of benzene rings is 3. The number of nitrogens with one attached hydrogen (secondary N) is 2. The number of para-hydroxylation sites is 1. The highest BCUT2D eigenvalue weighted by Crippen LogP contribution is 2.68. The fraction of sp³-hybridized carbons (Fsp3) is 0.303. The van der Waals surface area contributed by atoms with Crippen molar-refractivity contribution in [1.82, 2.24) is 15.1 Å². The number of allylic oxidation sites excluding steroid dienone is 1. The van der Waals surface area contributed by atoms with Crippen LogP contribution in [0.2, 0.25) is 0 Å². The van der Waals surface area contributed by atoms with E-state index in [9.17, 15) is 0 Å². The van der Waals surface area contributed by atoms with Crippen LogP contribution in [0.4, 0.5) is 5.69 Å². The smallest absolute Gasteiger partial charge is 0.0927 e. The first-order valence-corrected chi connectivity index (χ1v) is 13.6. The largest absolute Gasteiger partial charge is 0.358 e. The zero-order valence-electron chi connectivity index (χ0n) is 21.5. The number of fused-ring (bicyclic) bond motifs is 3. The minimum Gasteiger partial charge on any atom is -0.358 e. The lowest BCUT2D eigenvalue weighted by atomic mass is 9.90. The van der Waals surface area contributed by atoms with E-state index in [1.807, 2.05) is 0 Å². The molecule has 2 aliphatic heterocycles. The molecule has 2 atom stereocenters. The summed E-state index contributed by atoms with van der Waals surface area (Å²) in [5.41, 5.74) is 9.85. The van der Waals surface area contributed by atoms with Crippen molar-refractivity contribution in [2.75, 3.05) is 25.5 Å². The standard InChI is InChI=1S/C33H34N4/c1-22-33(28-5-3-4-6-31(28)34-22)21-29(33)26-12-13-27-30(35-36-32(27)20-26)14-11-23-7-9-24(10-8-23)19-25-15-17-37(2)18-16-25/h3-14,20,25,29,34H,1,15-19,21H2,2H3,(H,35,36)/b14-11+/t29-,33-/m0/s1. The summed E-state index contributed by atoms with van der Waals surface area (Å²) in [6.45, 7) is 6.83. The number of piperidine rings is 1. The van der Waals surface area contributed by atoms with Crippen LogP contribution < -0.4 is 5.32 Å². The third-order valence-electron chi connectivity index (χ3n) is 8.99. The van der Waals surface area contributed by atoms with E-state index in [0.717, 1.165) is 34.6 Å². The maximum Gasteiger partial charge on any atom is 0.0927 e. The number of aromatic amines is 1. The van der Waals surface area contributed by atoms with Crippen LogP contribution in [0.25, 0.3) is 23.1 Å². The molecule has 2 N–H and O–H groups in total. The van der Waals surface area contributed by atoms with Gasteiger partial charge in [0.1, 0.15) is 0 Å². The second-order valence-electron chi connectivity index (χ2n) is 11.3. The zero-order valence-corrected chi connectivity index (χ0v) is 21.5. The molecule has 37 heavy (non-hydrogen) atoms. The Morgan fingerprint density at radius 1 is 1.03 bits per heavy atom. The van der Waals surface area contributed by atoms with Gasteiger partial charge in [-0.25, -0.2) is 0 Å². The van der Waals surface area contributed by atoms with Gasteiger partial charge in [0.05, 0.1) is 11.2 Å². The molecule has 1 saturated heterocycles. The van der Waals surface area contributed by atoms with Gasteiger partial charge in [-0.15, -0.1) is 0 Å². The monoisotopic (exact) mass is 486 g/mol. The van der Waals surface area contributed by atoms with Crippen LogP contribution in [0.3, 0.4) is 0 Å². The van der Waals surface area contributed by atoms with Gasteiger partial charge in [0.15, 0.2) is 0 Å². The SMILES string of the molecule is C=C1Nc2ccccc2[C@]12C[C@H]2c1ccc2c(/C=C/c3ccc(CC4CCN(C)CC4)cc3)n[nH]c2c1. The minimum atomic E-state index is 0.0342. The summed E-state index contributed by atoms with van der Waals surface area (Å²) in [6, 6.07) is 24.5.